The van der Waals surface area contributed by atoms with Gasteiger partial charge < -0.3 is 10.2 Å². The van der Waals surface area contributed by atoms with E-state index < -0.39 is 28.5 Å². The zero-order valence-electron chi connectivity index (χ0n) is 18.1. The first-order chi connectivity index (χ1) is 15.9. The highest BCUT2D eigenvalue weighted by atomic mass is 19.2. The third-order valence-corrected chi connectivity index (χ3v) is 6.36. The van der Waals surface area contributed by atoms with E-state index in [2.05, 4.69) is 22.2 Å². The molecule has 2 heterocycles. The van der Waals surface area contributed by atoms with Crippen molar-refractivity contribution in [2.45, 2.75) is 6.54 Å². The van der Waals surface area contributed by atoms with Crippen molar-refractivity contribution in [1.29, 1.82) is 0 Å². The number of aldehydes is 1. The van der Waals surface area contributed by atoms with E-state index in [-0.39, 0.29) is 22.3 Å². The van der Waals surface area contributed by atoms with Gasteiger partial charge in [-0.15, -0.1) is 0 Å². The van der Waals surface area contributed by atoms with E-state index in [0.29, 0.717) is 24.2 Å². The zero-order chi connectivity index (χ0) is 23.3. The highest BCUT2D eigenvalue weighted by molar-refractivity contribution is 6.36. The molecule has 0 aliphatic carbocycles. The van der Waals surface area contributed by atoms with Crippen molar-refractivity contribution in [3.05, 3.63) is 65.0 Å². The van der Waals surface area contributed by atoms with Gasteiger partial charge in [0.25, 0.3) is 0 Å². The molecule has 1 N–H and O–H groups in total. The SMILES string of the molecule is [B]c1c(F)c(-c2cccc(CN3CCN(C)CC3)c2)c(F)c(F)c1-c1cc(C=O)c2c(c1)N2. The molecule has 2 radical (unpaired) electrons. The number of hydrogen-bond donors (Lipinski definition) is 1. The number of carbonyl (C=O) groups is 1. The lowest BCUT2D eigenvalue weighted by Crippen LogP contribution is -2.43. The summed E-state index contributed by atoms with van der Waals surface area (Å²) in [6, 6.07) is 9.70. The molecule has 33 heavy (non-hydrogen) atoms. The molecular weight excluding hydrogens is 426 g/mol. The molecule has 3 aromatic carbocycles. The summed E-state index contributed by atoms with van der Waals surface area (Å²) in [5, 5.41) is 2.88. The number of carbonyl (C=O) groups excluding carboxylic acids is 1. The topological polar surface area (TPSA) is 45.5 Å². The molecule has 4 nitrogen and oxygen atoms in total. The van der Waals surface area contributed by atoms with Crippen molar-refractivity contribution in [2.75, 3.05) is 38.5 Å². The smallest absolute Gasteiger partial charge is 0.170 e. The van der Waals surface area contributed by atoms with Crippen LogP contribution in [0.4, 0.5) is 24.5 Å². The van der Waals surface area contributed by atoms with Gasteiger partial charge in [0.2, 0.25) is 0 Å². The predicted octanol–water partition coefficient (Wildman–Crippen LogP) is 3.85. The van der Waals surface area contributed by atoms with Crippen LogP contribution in [0.5, 0.6) is 0 Å². The fraction of sp³-hybridized carbons (Fsp3) is 0.240. The summed E-state index contributed by atoms with van der Waals surface area (Å²) in [5.74, 6) is -3.57. The van der Waals surface area contributed by atoms with Crippen molar-refractivity contribution in [3.63, 3.8) is 0 Å². The van der Waals surface area contributed by atoms with Crippen molar-refractivity contribution in [3.8, 4) is 22.3 Å². The molecule has 2 aliphatic heterocycles. The van der Waals surface area contributed by atoms with Crippen LogP contribution in [0.15, 0.2) is 36.4 Å². The van der Waals surface area contributed by atoms with Gasteiger partial charge >= 0.3 is 0 Å². The minimum Gasteiger partial charge on any atom is -0.352 e. The minimum absolute atomic E-state index is 0.143. The van der Waals surface area contributed by atoms with Crippen LogP contribution in [0.2, 0.25) is 0 Å². The molecule has 8 heteroatoms. The lowest BCUT2D eigenvalue weighted by Gasteiger charge is -2.32. The van der Waals surface area contributed by atoms with E-state index in [1.54, 1.807) is 18.2 Å². The molecule has 0 unspecified atom stereocenters. The van der Waals surface area contributed by atoms with Gasteiger partial charge in [-0.2, -0.15) is 0 Å². The fourth-order valence-corrected chi connectivity index (χ4v) is 4.42. The maximum absolute atomic E-state index is 15.4. The van der Waals surface area contributed by atoms with Crippen molar-refractivity contribution in [2.24, 2.45) is 0 Å². The summed E-state index contributed by atoms with van der Waals surface area (Å²) in [5.41, 5.74) is 1.39. The first-order valence-corrected chi connectivity index (χ1v) is 10.7. The highest BCUT2D eigenvalue weighted by Gasteiger charge is 2.28. The lowest BCUT2D eigenvalue weighted by molar-refractivity contribution is 0.112. The van der Waals surface area contributed by atoms with Crippen LogP contribution < -0.4 is 10.8 Å². The van der Waals surface area contributed by atoms with Gasteiger partial charge in [-0.3, -0.25) is 9.69 Å². The fourth-order valence-electron chi connectivity index (χ4n) is 4.42. The normalized spacial score (nSPS) is 15.8. The Bertz CT molecular complexity index is 1240. The molecule has 3 aromatic rings. The van der Waals surface area contributed by atoms with Gasteiger partial charge in [0.1, 0.15) is 13.7 Å². The highest BCUT2D eigenvalue weighted by Crippen LogP contribution is 2.45. The molecular formula is C25H21BF3N3O. The number of anilines is 2. The minimum atomic E-state index is -1.31. The Morgan fingerprint density at radius 1 is 0.970 bits per heavy atom. The summed E-state index contributed by atoms with van der Waals surface area (Å²) >= 11 is 0. The number of fused-ring (bicyclic) bond motifs is 1. The van der Waals surface area contributed by atoms with Gasteiger partial charge in [-0.1, -0.05) is 23.7 Å². The number of nitrogens with one attached hydrogen (secondary N) is 1. The Hall–Kier alpha value is -3.10. The average Bonchev–Trinajstić information content (AvgIpc) is 3.59. The second kappa shape index (κ2) is 8.35. The summed E-state index contributed by atoms with van der Waals surface area (Å²) in [4.78, 5) is 15.8. The Labute approximate surface area is 191 Å². The molecule has 0 bridgehead atoms. The molecule has 0 spiro atoms. The molecule has 166 valence electrons. The summed E-state index contributed by atoms with van der Waals surface area (Å²) < 4.78 is 45.8. The van der Waals surface area contributed by atoms with Crippen molar-refractivity contribution >= 4 is 31.0 Å². The first-order valence-electron chi connectivity index (χ1n) is 10.7. The molecule has 0 aromatic heterocycles. The Morgan fingerprint density at radius 3 is 2.42 bits per heavy atom. The number of hydrogen-bond acceptors (Lipinski definition) is 4. The van der Waals surface area contributed by atoms with E-state index in [0.717, 1.165) is 31.7 Å². The van der Waals surface area contributed by atoms with Gasteiger partial charge in [0.15, 0.2) is 17.9 Å². The van der Waals surface area contributed by atoms with Crippen LogP contribution in [-0.4, -0.2) is 57.2 Å². The number of rotatable bonds is 5. The average molecular weight is 447 g/mol. The number of halogens is 3. The van der Waals surface area contributed by atoms with E-state index in [4.69, 9.17) is 7.85 Å². The summed E-state index contributed by atoms with van der Waals surface area (Å²) in [6.07, 6.45) is 0.601. The third-order valence-electron chi connectivity index (χ3n) is 6.36. The van der Waals surface area contributed by atoms with Gasteiger partial charge in [-0.05, 0) is 41.9 Å². The van der Waals surface area contributed by atoms with E-state index in [1.807, 2.05) is 6.07 Å². The maximum Gasteiger partial charge on any atom is 0.170 e. The van der Waals surface area contributed by atoms with E-state index >= 15 is 13.2 Å². The molecule has 2 aliphatic rings. The molecule has 1 fully saturated rings. The molecule has 1 saturated heterocycles. The first kappa shape index (κ1) is 21.7. The van der Waals surface area contributed by atoms with Crippen molar-refractivity contribution in [1.82, 2.24) is 9.80 Å². The lowest BCUT2D eigenvalue weighted by atomic mass is 9.82. The van der Waals surface area contributed by atoms with Crippen LogP contribution in [-0.2, 0) is 6.54 Å². The Morgan fingerprint density at radius 2 is 1.70 bits per heavy atom. The maximum atomic E-state index is 15.4. The van der Waals surface area contributed by atoms with Gasteiger partial charge in [0, 0.05) is 43.9 Å². The van der Waals surface area contributed by atoms with Crippen LogP contribution >= 0.6 is 0 Å². The van der Waals surface area contributed by atoms with Crippen molar-refractivity contribution < 1.29 is 18.0 Å². The summed E-state index contributed by atoms with van der Waals surface area (Å²) in [7, 11) is 8.05. The molecule has 0 amide bonds. The Balaban J connectivity index is 1.53. The van der Waals surface area contributed by atoms with Crippen LogP contribution in [0.25, 0.3) is 22.3 Å². The zero-order valence-corrected chi connectivity index (χ0v) is 18.1. The largest absolute Gasteiger partial charge is 0.352 e. The number of likely N-dealkylation sites (N-methyl/N-ethyl adjacent to an activating group) is 1. The molecule has 5 rings (SSSR count). The number of nitrogens with zero attached hydrogens (tertiary/aromatic N) is 2. The van der Waals surface area contributed by atoms with Crippen LogP contribution in [0, 0.1) is 17.5 Å². The molecule has 0 saturated carbocycles. The second-order valence-corrected chi connectivity index (χ2v) is 8.62. The van der Waals surface area contributed by atoms with E-state index in [9.17, 15) is 4.79 Å². The van der Waals surface area contributed by atoms with Gasteiger partial charge in [-0.25, -0.2) is 13.2 Å². The number of benzene rings is 3. The Kier molecular flexibility index (Phi) is 5.50. The summed E-state index contributed by atoms with van der Waals surface area (Å²) in [6.45, 7) is 4.35. The van der Waals surface area contributed by atoms with E-state index in [1.165, 1.54) is 12.1 Å². The monoisotopic (exact) mass is 447 g/mol. The third kappa shape index (κ3) is 3.94. The van der Waals surface area contributed by atoms with Crippen LogP contribution in [0.3, 0.4) is 0 Å². The second-order valence-electron chi connectivity index (χ2n) is 8.62. The van der Waals surface area contributed by atoms with Crippen LogP contribution in [0.1, 0.15) is 15.9 Å². The quantitative estimate of drug-likeness (QED) is 0.219. The standard InChI is InChI=1S/C25H21BF3N3O/c1-31-5-7-32(8-6-31)12-14-3-2-4-15(9-14)20-22(27)21(26)19(23(28)24(20)29)16-10-17(13-33)25-18(11-16)30-25/h2-4,9-11,13,30H,5-8,12H2,1H3. The number of piperazine rings is 1. The molecule has 0 atom stereocenters. The predicted molar refractivity (Wildman–Crippen MR) is 124 cm³/mol. The van der Waals surface area contributed by atoms with Gasteiger partial charge in [0.05, 0.1) is 16.9 Å².